The summed E-state index contributed by atoms with van der Waals surface area (Å²) in [6.45, 7) is 21.4. The average Bonchev–Trinajstić information content (AvgIpc) is 3.50. The first-order valence-corrected chi connectivity index (χ1v) is 14.2. The second kappa shape index (κ2) is 9.42. The Labute approximate surface area is 230 Å². The highest BCUT2D eigenvalue weighted by Crippen LogP contribution is 2.36. The molecule has 5 nitrogen and oxygen atoms in total. The average molecular weight is 524 g/mol. The van der Waals surface area contributed by atoms with Crippen molar-refractivity contribution in [3.05, 3.63) is 96.0 Å². The number of nitrogens with zero attached hydrogens (tertiary/aromatic N) is 4. The van der Waals surface area contributed by atoms with Crippen LogP contribution in [-0.2, 0) is 12.0 Å². The largest absolute Gasteiger partial charge is 0.374 e. The lowest BCUT2D eigenvalue weighted by atomic mass is 9.89. The van der Waals surface area contributed by atoms with Gasteiger partial charge in [0.15, 0.2) is 0 Å². The van der Waals surface area contributed by atoms with Gasteiger partial charge < -0.3 is 14.8 Å². The number of piperidine rings is 2. The minimum atomic E-state index is 0.0214. The second-order valence-corrected chi connectivity index (χ2v) is 11.6. The summed E-state index contributed by atoms with van der Waals surface area (Å²) in [5.74, 6) is 0.713. The summed E-state index contributed by atoms with van der Waals surface area (Å²) in [5, 5.41) is 13.1. The molecule has 0 amide bonds. The molecule has 2 saturated heterocycles. The van der Waals surface area contributed by atoms with Crippen molar-refractivity contribution in [1.29, 1.82) is 0 Å². The van der Waals surface area contributed by atoms with Crippen LogP contribution in [0.3, 0.4) is 0 Å². The molecule has 4 aromatic rings. The molecule has 38 heavy (non-hydrogen) atoms. The van der Waals surface area contributed by atoms with Gasteiger partial charge in [0.2, 0.25) is 0 Å². The molecule has 1 unspecified atom stereocenters. The lowest BCUT2D eigenvalue weighted by Gasteiger charge is -2.41. The minimum absolute atomic E-state index is 0.0214. The molecule has 6 rings (SSSR count). The van der Waals surface area contributed by atoms with E-state index in [9.17, 15) is 0 Å². The SMILES string of the molecule is C=C1CCC(n2c(=C)c3cccc4c(Cc5cnn(C6(C)CCN(C(=C)CS)CC6)c5)ccc2c43)C(=C)N1. The quantitative estimate of drug-likeness (QED) is 0.308. The van der Waals surface area contributed by atoms with Crippen molar-refractivity contribution < 1.29 is 0 Å². The zero-order valence-electron chi connectivity index (χ0n) is 22.3. The number of aromatic nitrogens is 3. The predicted molar refractivity (Wildman–Crippen MR) is 162 cm³/mol. The molecule has 0 radical (unpaired) electrons. The van der Waals surface area contributed by atoms with Crippen LogP contribution in [0, 0.1) is 0 Å². The number of likely N-dealkylation sites (tertiary alicyclic amines) is 1. The first-order chi connectivity index (χ1) is 18.3. The Kier molecular flexibility index (Phi) is 6.18. The van der Waals surface area contributed by atoms with Gasteiger partial charge in [-0.25, -0.2) is 0 Å². The molecule has 0 saturated carbocycles. The Morgan fingerprint density at radius 2 is 1.89 bits per heavy atom. The van der Waals surface area contributed by atoms with E-state index in [1.165, 1.54) is 32.8 Å². The van der Waals surface area contributed by atoms with Gasteiger partial charge in [-0.1, -0.05) is 50.6 Å². The van der Waals surface area contributed by atoms with E-state index in [4.69, 9.17) is 5.10 Å². The van der Waals surface area contributed by atoms with Crippen LogP contribution in [0.15, 0.2) is 79.6 Å². The Morgan fingerprint density at radius 1 is 1.13 bits per heavy atom. The van der Waals surface area contributed by atoms with E-state index in [2.05, 4.69) is 102 Å². The van der Waals surface area contributed by atoms with Crippen LogP contribution in [0.2, 0.25) is 0 Å². The van der Waals surface area contributed by atoms with E-state index in [-0.39, 0.29) is 11.6 Å². The van der Waals surface area contributed by atoms with Crippen LogP contribution in [0.5, 0.6) is 0 Å². The van der Waals surface area contributed by atoms with Gasteiger partial charge in [0, 0.05) is 64.7 Å². The van der Waals surface area contributed by atoms with Crippen molar-refractivity contribution in [2.45, 2.75) is 50.6 Å². The van der Waals surface area contributed by atoms with Gasteiger partial charge in [0.05, 0.1) is 23.3 Å². The maximum atomic E-state index is 4.84. The molecule has 0 bridgehead atoms. The first kappa shape index (κ1) is 24.9. The molecule has 0 aliphatic carbocycles. The molecule has 1 N–H and O–H groups in total. The fourth-order valence-corrected chi connectivity index (χ4v) is 6.62. The predicted octanol–water partition coefficient (Wildman–Crippen LogP) is 5.92. The third kappa shape index (κ3) is 4.06. The maximum Gasteiger partial charge on any atom is 0.0738 e. The van der Waals surface area contributed by atoms with Gasteiger partial charge in [0.25, 0.3) is 0 Å². The van der Waals surface area contributed by atoms with E-state index in [1.54, 1.807) is 0 Å². The normalized spacial score (nSPS) is 19.8. The maximum absolute atomic E-state index is 4.84. The molecule has 2 fully saturated rings. The highest BCUT2D eigenvalue weighted by molar-refractivity contribution is 7.80. The second-order valence-electron chi connectivity index (χ2n) is 11.3. The number of benzene rings is 2. The van der Waals surface area contributed by atoms with Gasteiger partial charge >= 0.3 is 0 Å². The molecule has 6 heteroatoms. The third-order valence-electron chi connectivity index (χ3n) is 8.80. The van der Waals surface area contributed by atoms with Gasteiger partial charge in [-0.05, 0) is 55.2 Å². The number of nitrogens with one attached hydrogen (secondary N) is 1. The Bertz CT molecular complexity index is 1610. The van der Waals surface area contributed by atoms with Gasteiger partial charge in [-0.3, -0.25) is 4.68 Å². The molecule has 196 valence electrons. The Hall–Kier alpha value is -3.38. The van der Waals surface area contributed by atoms with Crippen LogP contribution in [0.4, 0.5) is 0 Å². The van der Waals surface area contributed by atoms with Gasteiger partial charge in [-0.2, -0.15) is 17.7 Å². The van der Waals surface area contributed by atoms with Gasteiger partial charge in [0.1, 0.15) is 0 Å². The minimum Gasteiger partial charge on any atom is -0.374 e. The summed E-state index contributed by atoms with van der Waals surface area (Å²) < 4.78 is 4.57. The standard InChI is InChI=1S/C32H37N5S/c1-21-9-11-29(23(3)34-21)37-24(4)27-7-6-8-28-26(10-12-30(37)31(27)28)17-25-18-33-36(19-25)32(5)13-15-35(16-14-32)22(2)20-38/h6-8,10,12,18-19,29,34,38H,1-4,9,11,13-17,20H2,5H3. The molecular formula is C32H37N5S. The smallest absolute Gasteiger partial charge is 0.0738 e. The van der Waals surface area contributed by atoms with E-state index in [0.29, 0.717) is 5.75 Å². The molecule has 4 heterocycles. The fraction of sp³-hybridized carbons (Fsp3) is 0.344. The van der Waals surface area contributed by atoms with Crippen LogP contribution in [0.25, 0.3) is 28.3 Å². The highest BCUT2D eigenvalue weighted by atomic mass is 32.1. The molecule has 2 aromatic carbocycles. The lowest BCUT2D eigenvalue weighted by molar-refractivity contribution is 0.138. The van der Waals surface area contributed by atoms with Crippen LogP contribution in [0.1, 0.15) is 49.8 Å². The first-order valence-electron chi connectivity index (χ1n) is 13.5. The Balaban J connectivity index is 1.30. The summed E-state index contributed by atoms with van der Waals surface area (Å²) in [5.41, 5.74) is 6.95. The van der Waals surface area contributed by atoms with Crippen molar-refractivity contribution >= 4 is 40.9 Å². The molecule has 1 atom stereocenters. The molecule has 0 spiro atoms. The Morgan fingerprint density at radius 3 is 2.63 bits per heavy atom. The topological polar surface area (TPSA) is 38.0 Å². The lowest BCUT2D eigenvalue weighted by Crippen LogP contribution is -2.44. The number of hydrogen-bond donors (Lipinski definition) is 2. The zero-order chi connectivity index (χ0) is 26.6. The molecule has 2 aromatic heterocycles. The fourth-order valence-electron chi connectivity index (χ4n) is 6.42. The zero-order valence-corrected chi connectivity index (χ0v) is 23.2. The monoisotopic (exact) mass is 523 g/mol. The van der Waals surface area contributed by atoms with Gasteiger partial charge in [-0.15, -0.1) is 0 Å². The molecule has 2 aliphatic rings. The van der Waals surface area contributed by atoms with Crippen molar-refractivity contribution in [2.75, 3.05) is 18.8 Å². The van der Waals surface area contributed by atoms with Crippen molar-refractivity contribution in [3.63, 3.8) is 0 Å². The number of rotatable bonds is 6. The van der Waals surface area contributed by atoms with Crippen LogP contribution in [-0.4, -0.2) is 38.1 Å². The summed E-state index contributed by atoms with van der Waals surface area (Å²) in [6.07, 6.45) is 9.17. The third-order valence-corrected chi connectivity index (χ3v) is 9.16. The van der Waals surface area contributed by atoms with Crippen molar-refractivity contribution in [3.8, 4) is 0 Å². The van der Waals surface area contributed by atoms with Crippen molar-refractivity contribution in [2.24, 2.45) is 0 Å². The summed E-state index contributed by atoms with van der Waals surface area (Å²) >= 11 is 4.40. The molecular weight excluding hydrogens is 486 g/mol. The number of hydrogen-bond acceptors (Lipinski definition) is 4. The summed E-state index contributed by atoms with van der Waals surface area (Å²) in [4.78, 5) is 2.36. The van der Waals surface area contributed by atoms with Crippen LogP contribution >= 0.6 is 12.6 Å². The molecule has 2 aliphatic heterocycles. The van der Waals surface area contributed by atoms with E-state index in [0.717, 1.165) is 67.6 Å². The number of thiol groups is 1. The van der Waals surface area contributed by atoms with E-state index >= 15 is 0 Å². The van der Waals surface area contributed by atoms with E-state index in [1.807, 2.05) is 6.20 Å². The van der Waals surface area contributed by atoms with Crippen molar-refractivity contribution in [1.82, 2.24) is 24.6 Å². The summed E-state index contributed by atoms with van der Waals surface area (Å²) in [6, 6.07) is 11.3. The summed E-state index contributed by atoms with van der Waals surface area (Å²) in [7, 11) is 0. The number of allylic oxidation sites excluding steroid dienone is 2. The van der Waals surface area contributed by atoms with E-state index < -0.39 is 0 Å². The van der Waals surface area contributed by atoms with Crippen LogP contribution < -0.4 is 10.7 Å². The highest BCUT2D eigenvalue weighted by Gasteiger charge is 2.33.